The Morgan fingerprint density at radius 2 is 1.85 bits per heavy atom. The molecule has 1 aromatic rings. The van der Waals surface area contributed by atoms with Gasteiger partial charge in [-0.2, -0.15) is 0 Å². The molecule has 0 saturated heterocycles. The van der Waals surface area contributed by atoms with Gasteiger partial charge < -0.3 is 0 Å². The summed E-state index contributed by atoms with van der Waals surface area (Å²) < 4.78 is 1.41. The van der Waals surface area contributed by atoms with E-state index >= 15 is 0 Å². The van der Waals surface area contributed by atoms with Crippen LogP contribution in [0, 0.1) is 0 Å². The van der Waals surface area contributed by atoms with Crippen LogP contribution in [0.3, 0.4) is 0 Å². The zero-order chi connectivity index (χ0) is 8.67. The van der Waals surface area contributed by atoms with Crippen LogP contribution in [-0.2, 0) is 0 Å². The molecular weight excluding hydrogens is 176 g/mol. The van der Waals surface area contributed by atoms with Crippen LogP contribution < -0.4 is 0 Å². The van der Waals surface area contributed by atoms with Crippen molar-refractivity contribution in [2.75, 3.05) is 0 Å². The van der Waals surface area contributed by atoms with E-state index in [0.717, 1.165) is 0 Å². The number of hydrogen-bond donors (Lipinski definition) is 0. The van der Waals surface area contributed by atoms with E-state index in [9.17, 15) is 0 Å². The largest absolute Gasteiger partial charge is 0.143 e. The van der Waals surface area contributed by atoms with Crippen molar-refractivity contribution >= 4 is 21.4 Å². The van der Waals surface area contributed by atoms with Crippen LogP contribution in [0.2, 0.25) is 0 Å². The van der Waals surface area contributed by atoms with Crippen molar-refractivity contribution in [1.82, 2.24) is 0 Å². The Bertz CT molecular complexity index is 522. The average Bonchev–Trinajstić information content (AvgIpc) is 2.61. The lowest BCUT2D eigenvalue weighted by Crippen LogP contribution is -1.61. The molecule has 2 aliphatic rings. The standard InChI is InChI=1S/C12H8S/c1-2-4-9-8-10-6-7-13-12(10)11(9)5-3-1/h1-8H. The first kappa shape index (κ1) is 7.10. The molecule has 62 valence electrons. The fourth-order valence-electron chi connectivity index (χ4n) is 1.71. The molecule has 0 bridgehead atoms. The molecule has 0 aromatic carbocycles. The van der Waals surface area contributed by atoms with Gasteiger partial charge in [-0.05, 0) is 34.0 Å². The lowest BCUT2D eigenvalue weighted by Gasteiger charge is -1.88. The normalized spacial score (nSPS) is 11.1. The van der Waals surface area contributed by atoms with Crippen molar-refractivity contribution < 1.29 is 0 Å². The summed E-state index contributed by atoms with van der Waals surface area (Å²) in [6.07, 6.45) is 0. The van der Waals surface area contributed by atoms with E-state index in [2.05, 4.69) is 47.8 Å². The number of fused-ring (bicyclic) bond motifs is 3. The maximum absolute atomic E-state index is 2.25. The van der Waals surface area contributed by atoms with E-state index < -0.39 is 0 Å². The van der Waals surface area contributed by atoms with E-state index in [1.807, 2.05) is 11.3 Å². The molecule has 3 rings (SSSR count). The summed E-state index contributed by atoms with van der Waals surface area (Å²) in [6, 6.07) is 15.0. The average molecular weight is 184 g/mol. The highest BCUT2D eigenvalue weighted by Crippen LogP contribution is 2.36. The maximum Gasteiger partial charge on any atom is 0.0421 e. The molecule has 0 fully saturated rings. The Kier molecular flexibility index (Phi) is 1.41. The van der Waals surface area contributed by atoms with Gasteiger partial charge in [0.05, 0.1) is 0 Å². The SMILES string of the molecule is c1ccc2cc3ccsc3c-2cc1. The summed E-state index contributed by atoms with van der Waals surface area (Å²) in [4.78, 5) is 0. The molecule has 0 nitrogen and oxygen atoms in total. The van der Waals surface area contributed by atoms with Crippen molar-refractivity contribution in [3.63, 3.8) is 0 Å². The van der Waals surface area contributed by atoms with Crippen molar-refractivity contribution in [3.8, 4) is 11.1 Å². The lowest BCUT2D eigenvalue weighted by molar-refractivity contribution is 1.86. The van der Waals surface area contributed by atoms with E-state index in [4.69, 9.17) is 0 Å². The molecule has 0 amide bonds. The second-order valence-corrected chi connectivity index (χ2v) is 4.05. The fourth-order valence-corrected chi connectivity index (χ4v) is 2.64. The summed E-state index contributed by atoms with van der Waals surface area (Å²) in [5.41, 5.74) is 2.71. The van der Waals surface area contributed by atoms with Gasteiger partial charge in [0.1, 0.15) is 0 Å². The monoisotopic (exact) mass is 184 g/mol. The van der Waals surface area contributed by atoms with Gasteiger partial charge in [-0.3, -0.25) is 0 Å². The first-order valence-electron chi connectivity index (χ1n) is 4.30. The minimum absolute atomic E-state index is 1.34. The molecule has 1 heteroatoms. The van der Waals surface area contributed by atoms with E-state index in [-0.39, 0.29) is 0 Å². The Balaban J connectivity index is 2.54. The quantitative estimate of drug-likeness (QED) is 0.495. The second kappa shape index (κ2) is 2.57. The van der Waals surface area contributed by atoms with Gasteiger partial charge in [-0.15, -0.1) is 11.3 Å². The Labute approximate surface area is 80.8 Å². The smallest absolute Gasteiger partial charge is 0.0421 e. The molecule has 0 aliphatic heterocycles. The first-order valence-corrected chi connectivity index (χ1v) is 5.18. The molecule has 1 heterocycles. The van der Waals surface area contributed by atoms with Gasteiger partial charge in [0.2, 0.25) is 0 Å². The molecule has 0 radical (unpaired) electrons. The molecule has 0 N–H and O–H groups in total. The van der Waals surface area contributed by atoms with Crippen LogP contribution >= 0.6 is 11.3 Å². The third-order valence-corrected chi connectivity index (χ3v) is 3.29. The number of rotatable bonds is 0. The number of thiophene rings is 1. The highest BCUT2D eigenvalue weighted by Gasteiger charge is 2.07. The zero-order valence-corrected chi connectivity index (χ0v) is 7.84. The van der Waals surface area contributed by atoms with E-state index in [1.54, 1.807) is 0 Å². The van der Waals surface area contributed by atoms with Crippen molar-refractivity contribution in [2.45, 2.75) is 0 Å². The van der Waals surface area contributed by atoms with Crippen LogP contribution in [0.4, 0.5) is 0 Å². The Morgan fingerprint density at radius 3 is 2.85 bits per heavy atom. The van der Waals surface area contributed by atoms with Crippen LogP contribution in [-0.4, -0.2) is 0 Å². The maximum atomic E-state index is 2.25. The predicted octanol–water partition coefficient (Wildman–Crippen LogP) is 4.01. The molecule has 13 heavy (non-hydrogen) atoms. The molecule has 0 unspecified atom stereocenters. The summed E-state index contributed by atoms with van der Waals surface area (Å²) in [5, 5.41) is 3.52. The predicted molar refractivity (Wildman–Crippen MR) is 58.4 cm³/mol. The van der Waals surface area contributed by atoms with Crippen LogP contribution in [0.25, 0.3) is 21.2 Å². The molecule has 1 aromatic heterocycles. The molecule has 0 atom stereocenters. The highest BCUT2D eigenvalue weighted by molar-refractivity contribution is 7.17. The zero-order valence-electron chi connectivity index (χ0n) is 7.03. The molecule has 0 saturated carbocycles. The molecular formula is C12H8S. The summed E-state index contributed by atoms with van der Waals surface area (Å²) in [7, 11) is 0. The van der Waals surface area contributed by atoms with Crippen LogP contribution in [0.1, 0.15) is 0 Å². The lowest BCUT2D eigenvalue weighted by atomic mass is 10.2. The van der Waals surface area contributed by atoms with E-state index in [1.165, 1.54) is 21.2 Å². The van der Waals surface area contributed by atoms with Gasteiger partial charge in [0.15, 0.2) is 0 Å². The van der Waals surface area contributed by atoms with Crippen molar-refractivity contribution in [3.05, 3.63) is 47.8 Å². The summed E-state index contributed by atoms with van der Waals surface area (Å²) in [6.45, 7) is 0. The number of hydrogen-bond acceptors (Lipinski definition) is 1. The van der Waals surface area contributed by atoms with E-state index in [0.29, 0.717) is 0 Å². The van der Waals surface area contributed by atoms with Gasteiger partial charge in [-0.25, -0.2) is 0 Å². The topological polar surface area (TPSA) is 0 Å². The highest BCUT2D eigenvalue weighted by atomic mass is 32.1. The first-order chi connectivity index (χ1) is 6.45. The van der Waals surface area contributed by atoms with Gasteiger partial charge in [0.25, 0.3) is 0 Å². The van der Waals surface area contributed by atoms with Crippen molar-refractivity contribution in [2.24, 2.45) is 0 Å². The molecule has 2 aliphatic carbocycles. The third kappa shape index (κ3) is 0.973. The van der Waals surface area contributed by atoms with Crippen molar-refractivity contribution in [1.29, 1.82) is 0 Å². The van der Waals surface area contributed by atoms with Gasteiger partial charge in [-0.1, -0.05) is 30.3 Å². The van der Waals surface area contributed by atoms with Crippen LogP contribution in [0.5, 0.6) is 0 Å². The van der Waals surface area contributed by atoms with Gasteiger partial charge >= 0.3 is 0 Å². The van der Waals surface area contributed by atoms with Gasteiger partial charge in [0, 0.05) is 4.70 Å². The third-order valence-electron chi connectivity index (χ3n) is 2.32. The fraction of sp³-hybridized carbons (Fsp3) is 0. The molecule has 0 spiro atoms. The second-order valence-electron chi connectivity index (χ2n) is 3.13. The Hall–Kier alpha value is -1.34. The minimum Gasteiger partial charge on any atom is -0.143 e. The minimum atomic E-state index is 1.34. The van der Waals surface area contributed by atoms with Crippen LogP contribution in [0.15, 0.2) is 47.8 Å². The summed E-state index contributed by atoms with van der Waals surface area (Å²) >= 11 is 1.82. The summed E-state index contributed by atoms with van der Waals surface area (Å²) in [5.74, 6) is 0. The Morgan fingerprint density at radius 1 is 0.923 bits per heavy atom.